The zero-order chi connectivity index (χ0) is 18.7. The molecule has 1 fully saturated rings. The number of hydrogen-bond acceptors (Lipinski definition) is 4. The summed E-state index contributed by atoms with van der Waals surface area (Å²) in [5, 5.41) is 9.48. The van der Waals surface area contributed by atoms with Crippen LogP contribution in [0.15, 0.2) is 24.5 Å². The number of halogens is 4. The minimum absolute atomic E-state index is 0.00124. The molecular formula is C16H17ClF3N5O. The van der Waals surface area contributed by atoms with E-state index in [0.717, 1.165) is 32.1 Å². The Morgan fingerprint density at radius 1 is 1.46 bits per heavy atom. The lowest BCUT2D eigenvalue weighted by molar-refractivity contribution is -0.143. The molecule has 1 atom stereocenters. The smallest absolute Gasteiger partial charge is 0.352 e. The highest BCUT2D eigenvalue weighted by atomic mass is 35.5. The molecule has 2 aromatic heterocycles. The van der Waals surface area contributed by atoms with Crippen molar-refractivity contribution in [3.63, 3.8) is 0 Å². The molecule has 1 unspecified atom stereocenters. The van der Waals surface area contributed by atoms with Crippen LogP contribution in [-0.2, 0) is 6.18 Å². The second kappa shape index (κ2) is 7.63. The fourth-order valence-corrected chi connectivity index (χ4v) is 3.11. The van der Waals surface area contributed by atoms with Crippen molar-refractivity contribution in [1.29, 1.82) is 0 Å². The molecule has 0 bridgehead atoms. The number of amides is 1. The van der Waals surface area contributed by atoms with Gasteiger partial charge in [-0.15, -0.1) is 0 Å². The zero-order valence-electron chi connectivity index (χ0n) is 13.7. The van der Waals surface area contributed by atoms with Crippen LogP contribution in [-0.4, -0.2) is 40.3 Å². The van der Waals surface area contributed by atoms with E-state index in [-0.39, 0.29) is 16.8 Å². The number of nitrogens with one attached hydrogen (secondary N) is 2. The van der Waals surface area contributed by atoms with Crippen LogP contribution in [0.1, 0.15) is 28.9 Å². The average molecular weight is 388 g/mol. The molecule has 1 saturated heterocycles. The molecule has 1 aliphatic heterocycles. The maximum absolute atomic E-state index is 13.6. The van der Waals surface area contributed by atoms with E-state index in [4.69, 9.17) is 11.6 Å². The van der Waals surface area contributed by atoms with Crippen molar-refractivity contribution < 1.29 is 18.0 Å². The zero-order valence-corrected chi connectivity index (χ0v) is 14.4. The minimum atomic E-state index is -4.80. The van der Waals surface area contributed by atoms with E-state index >= 15 is 0 Å². The number of hydrogen-bond donors (Lipinski definition) is 2. The largest absolute Gasteiger partial charge is 0.434 e. The van der Waals surface area contributed by atoms with Gasteiger partial charge >= 0.3 is 6.18 Å². The fourth-order valence-electron chi connectivity index (χ4n) is 2.91. The number of nitrogens with zero attached hydrogens (tertiary/aromatic N) is 3. The first-order valence-corrected chi connectivity index (χ1v) is 8.50. The first kappa shape index (κ1) is 18.7. The lowest BCUT2D eigenvalue weighted by Gasteiger charge is -2.22. The highest BCUT2D eigenvalue weighted by Crippen LogP contribution is 2.34. The number of aromatic nitrogens is 3. The summed E-state index contributed by atoms with van der Waals surface area (Å²) < 4.78 is 41.3. The molecule has 140 valence electrons. The maximum Gasteiger partial charge on any atom is 0.434 e. The highest BCUT2D eigenvalue weighted by molar-refractivity contribution is 6.32. The Bertz CT molecular complexity index is 786. The summed E-state index contributed by atoms with van der Waals surface area (Å²) in [4.78, 5) is 16.2. The van der Waals surface area contributed by atoms with Crippen LogP contribution in [0.5, 0.6) is 0 Å². The van der Waals surface area contributed by atoms with Crippen LogP contribution < -0.4 is 10.6 Å². The predicted octanol–water partition coefficient (Wildman–Crippen LogP) is 2.67. The van der Waals surface area contributed by atoms with Crippen LogP contribution in [0.25, 0.3) is 5.82 Å². The van der Waals surface area contributed by atoms with Gasteiger partial charge in [0, 0.05) is 12.7 Å². The Morgan fingerprint density at radius 3 is 2.92 bits per heavy atom. The van der Waals surface area contributed by atoms with Gasteiger partial charge in [0.25, 0.3) is 5.91 Å². The van der Waals surface area contributed by atoms with Gasteiger partial charge in [-0.25, -0.2) is 9.67 Å². The van der Waals surface area contributed by atoms with Crippen molar-refractivity contribution in [3.05, 3.63) is 40.8 Å². The van der Waals surface area contributed by atoms with Gasteiger partial charge in [0.05, 0.1) is 16.8 Å². The average Bonchev–Trinajstić information content (AvgIpc) is 3.06. The number of rotatable bonds is 4. The SMILES string of the molecule is O=C(NCC1CCCNC1)c1cnn(-c2ncccc2Cl)c1C(F)(F)F. The quantitative estimate of drug-likeness (QED) is 0.846. The second-order valence-corrected chi connectivity index (χ2v) is 6.45. The molecular weight excluding hydrogens is 371 g/mol. The number of alkyl halides is 3. The van der Waals surface area contributed by atoms with Crippen molar-refractivity contribution in [3.8, 4) is 5.82 Å². The third-order valence-electron chi connectivity index (χ3n) is 4.17. The second-order valence-electron chi connectivity index (χ2n) is 6.05. The van der Waals surface area contributed by atoms with Crippen LogP contribution in [0.3, 0.4) is 0 Å². The topological polar surface area (TPSA) is 71.8 Å². The van der Waals surface area contributed by atoms with Crippen LogP contribution in [0.2, 0.25) is 5.02 Å². The Morgan fingerprint density at radius 2 is 2.27 bits per heavy atom. The van der Waals surface area contributed by atoms with Gasteiger partial charge < -0.3 is 10.6 Å². The summed E-state index contributed by atoms with van der Waals surface area (Å²) in [6, 6.07) is 2.90. The Hall–Kier alpha value is -2.13. The molecule has 1 aliphatic rings. The molecule has 2 aromatic rings. The molecule has 1 amide bonds. The summed E-state index contributed by atoms with van der Waals surface area (Å²) in [6.45, 7) is 1.95. The van der Waals surface area contributed by atoms with Gasteiger partial charge in [0.15, 0.2) is 11.5 Å². The van der Waals surface area contributed by atoms with Crippen LogP contribution >= 0.6 is 11.6 Å². The van der Waals surface area contributed by atoms with E-state index in [2.05, 4.69) is 20.7 Å². The Balaban J connectivity index is 1.87. The Labute approximate surface area is 152 Å². The summed E-state index contributed by atoms with van der Waals surface area (Å²) in [7, 11) is 0. The maximum atomic E-state index is 13.6. The number of piperidine rings is 1. The molecule has 0 radical (unpaired) electrons. The molecule has 0 aliphatic carbocycles. The van der Waals surface area contributed by atoms with Crippen molar-refractivity contribution in [2.24, 2.45) is 5.92 Å². The molecule has 2 N–H and O–H groups in total. The highest BCUT2D eigenvalue weighted by Gasteiger charge is 2.41. The molecule has 0 aromatic carbocycles. The third-order valence-corrected chi connectivity index (χ3v) is 4.47. The third kappa shape index (κ3) is 3.99. The van der Waals surface area contributed by atoms with Gasteiger partial charge in [-0.05, 0) is 44.0 Å². The van der Waals surface area contributed by atoms with Gasteiger partial charge in [-0.3, -0.25) is 4.79 Å². The first-order chi connectivity index (χ1) is 12.4. The van der Waals surface area contributed by atoms with Crippen LogP contribution in [0.4, 0.5) is 13.2 Å². The molecule has 0 saturated carbocycles. The van der Waals surface area contributed by atoms with Crippen LogP contribution in [0, 0.1) is 5.92 Å². The van der Waals surface area contributed by atoms with Gasteiger partial charge in [0.1, 0.15) is 0 Å². The van der Waals surface area contributed by atoms with Gasteiger partial charge in [0.2, 0.25) is 0 Å². The summed E-state index contributed by atoms with van der Waals surface area (Å²) in [6.07, 6.45) is -0.704. The van der Waals surface area contributed by atoms with E-state index < -0.39 is 23.3 Å². The summed E-state index contributed by atoms with van der Waals surface area (Å²) in [5.74, 6) is -0.805. The van der Waals surface area contributed by atoms with Crippen molar-refractivity contribution in [2.45, 2.75) is 19.0 Å². The summed E-state index contributed by atoms with van der Waals surface area (Å²) in [5.41, 5.74) is -1.75. The van der Waals surface area contributed by atoms with E-state index in [9.17, 15) is 18.0 Å². The van der Waals surface area contributed by atoms with Crippen molar-refractivity contribution in [2.75, 3.05) is 19.6 Å². The number of carbonyl (C=O) groups is 1. The van der Waals surface area contributed by atoms with Gasteiger partial charge in [-0.2, -0.15) is 18.3 Å². The fraction of sp³-hybridized carbons (Fsp3) is 0.438. The van der Waals surface area contributed by atoms with Crippen molar-refractivity contribution >= 4 is 17.5 Å². The lowest BCUT2D eigenvalue weighted by atomic mass is 10.00. The monoisotopic (exact) mass is 387 g/mol. The molecule has 10 heteroatoms. The standard InChI is InChI=1S/C16H17ClF3N5O/c17-12-4-2-6-22-14(12)25-13(16(18,19)20)11(9-24-25)15(26)23-8-10-3-1-5-21-7-10/h2,4,6,9-10,21H,1,3,5,7-8H2,(H,23,26). The first-order valence-electron chi connectivity index (χ1n) is 8.13. The van der Waals surface area contributed by atoms with E-state index in [1.807, 2.05) is 0 Å². The molecule has 6 nitrogen and oxygen atoms in total. The molecule has 3 heterocycles. The summed E-state index contributed by atoms with van der Waals surface area (Å²) >= 11 is 5.93. The van der Waals surface area contributed by atoms with Crippen molar-refractivity contribution in [1.82, 2.24) is 25.4 Å². The Kier molecular flexibility index (Phi) is 5.47. The molecule has 26 heavy (non-hydrogen) atoms. The molecule has 0 spiro atoms. The lowest BCUT2D eigenvalue weighted by Crippen LogP contribution is -2.38. The number of pyridine rings is 1. The van der Waals surface area contributed by atoms with E-state index in [1.54, 1.807) is 0 Å². The predicted molar refractivity (Wildman–Crippen MR) is 89.3 cm³/mol. The number of carbonyl (C=O) groups excluding carboxylic acids is 1. The van der Waals surface area contributed by atoms with Gasteiger partial charge in [-0.1, -0.05) is 11.6 Å². The minimum Gasteiger partial charge on any atom is -0.352 e. The normalized spacial score (nSPS) is 17.9. The van der Waals surface area contributed by atoms with E-state index in [0.29, 0.717) is 11.2 Å². The molecule has 3 rings (SSSR count). The van der Waals surface area contributed by atoms with E-state index in [1.165, 1.54) is 18.3 Å².